The predicted octanol–water partition coefficient (Wildman–Crippen LogP) is 3.93. The average molecular weight is 501 g/mol. The second-order valence-electron chi connectivity index (χ2n) is 8.77. The molecule has 0 aliphatic carbocycles. The van der Waals surface area contributed by atoms with Crippen LogP contribution in [0.2, 0.25) is 0 Å². The van der Waals surface area contributed by atoms with Crippen LogP contribution in [0.5, 0.6) is 5.75 Å². The first-order valence-corrected chi connectivity index (χ1v) is 12.3. The van der Waals surface area contributed by atoms with Crippen LogP contribution in [-0.4, -0.2) is 69.2 Å². The molecule has 9 heteroatoms. The molecule has 8 nitrogen and oxygen atoms in total. The van der Waals surface area contributed by atoms with Gasteiger partial charge in [-0.3, -0.25) is 9.59 Å². The van der Waals surface area contributed by atoms with E-state index in [1.165, 1.54) is 18.7 Å². The molecule has 35 heavy (non-hydrogen) atoms. The molecule has 0 fully saturated rings. The molecule has 0 spiro atoms. The monoisotopic (exact) mass is 500 g/mol. The smallest absolute Gasteiger partial charge is 0.338 e. The number of benzene rings is 2. The van der Waals surface area contributed by atoms with E-state index in [0.29, 0.717) is 30.1 Å². The minimum atomic E-state index is -1.05. The standard InChI is InChI=1S/C26H32N2O6S/c1-16(2)33-26(31)19-9-12-21-22(15-19)35-24(18-7-10-20(32-6)11-8-18)23(34-17(3)29)25(30)28(21)14-13-27(4)5/h7-12,15-16,23-24H,13-14H2,1-6H3/t23-,24+/m1/s1. The SMILES string of the molecule is COc1ccc([C@@H]2Sc3cc(C(=O)OC(C)C)ccc3N(CCN(C)C)C(=O)[C@@H]2OC(C)=O)cc1. The number of ether oxygens (including phenoxy) is 3. The van der Waals surface area contributed by atoms with Crippen molar-refractivity contribution in [3.8, 4) is 5.75 Å². The molecule has 0 aromatic heterocycles. The van der Waals surface area contributed by atoms with E-state index in [9.17, 15) is 14.4 Å². The van der Waals surface area contributed by atoms with E-state index in [0.717, 1.165) is 10.5 Å². The lowest BCUT2D eigenvalue weighted by Crippen LogP contribution is -2.45. The molecule has 2 aromatic carbocycles. The van der Waals surface area contributed by atoms with Crippen molar-refractivity contribution in [1.29, 1.82) is 0 Å². The van der Waals surface area contributed by atoms with Crippen molar-refractivity contribution in [2.45, 2.75) is 43.1 Å². The van der Waals surface area contributed by atoms with Gasteiger partial charge in [-0.1, -0.05) is 12.1 Å². The number of amides is 1. The first kappa shape index (κ1) is 26.6. The molecule has 0 radical (unpaired) electrons. The molecule has 0 saturated carbocycles. The summed E-state index contributed by atoms with van der Waals surface area (Å²) in [4.78, 5) is 42.8. The summed E-state index contributed by atoms with van der Waals surface area (Å²) in [6.07, 6.45) is -1.31. The van der Waals surface area contributed by atoms with E-state index in [1.54, 1.807) is 56.2 Å². The summed E-state index contributed by atoms with van der Waals surface area (Å²) in [6, 6.07) is 12.5. The Hall–Kier alpha value is -3.04. The van der Waals surface area contributed by atoms with E-state index in [2.05, 4.69) is 0 Å². The van der Waals surface area contributed by atoms with Crippen LogP contribution in [0.4, 0.5) is 5.69 Å². The third-order valence-corrected chi connectivity index (χ3v) is 6.73. The topological polar surface area (TPSA) is 85.4 Å². The fourth-order valence-electron chi connectivity index (χ4n) is 3.70. The Morgan fingerprint density at radius 1 is 1.11 bits per heavy atom. The molecule has 0 unspecified atom stereocenters. The molecule has 188 valence electrons. The van der Waals surface area contributed by atoms with Crippen molar-refractivity contribution in [1.82, 2.24) is 4.90 Å². The highest BCUT2D eigenvalue weighted by molar-refractivity contribution is 7.99. The van der Waals surface area contributed by atoms with Crippen LogP contribution < -0.4 is 9.64 Å². The maximum atomic E-state index is 13.8. The van der Waals surface area contributed by atoms with Crippen LogP contribution in [-0.2, 0) is 19.1 Å². The van der Waals surface area contributed by atoms with Gasteiger partial charge in [0.2, 0.25) is 0 Å². The molecular weight excluding hydrogens is 468 g/mol. The van der Waals surface area contributed by atoms with E-state index in [1.807, 2.05) is 31.1 Å². The summed E-state index contributed by atoms with van der Waals surface area (Å²) in [6.45, 7) is 5.88. The Kier molecular flexibility index (Phi) is 8.80. The van der Waals surface area contributed by atoms with E-state index >= 15 is 0 Å². The summed E-state index contributed by atoms with van der Waals surface area (Å²) < 4.78 is 16.3. The van der Waals surface area contributed by atoms with Gasteiger partial charge in [0.15, 0.2) is 6.10 Å². The number of likely N-dealkylation sites (N-methyl/N-ethyl adjacent to an activating group) is 1. The number of carbonyl (C=O) groups is 3. The number of hydrogen-bond donors (Lipinski definition) is 0. The molecule has 0 saturated heterocycles. The highest BCUT2D eigenvalue weighted by Gasteiger charge is 2.41. The van der Waals surface area contributed by atoms with Gasteiger partial charge in [0.25, 0.3) is 5.91 Å². The molecule has 1 amide bonds. The van der Waals surface area contributed by atoms with Crippen molar-refractivity contribution in [2.75, 3.05) is 39.2 Å². The van der Waals surface area contributed by atoms with E-state index in [4.69, 9.17) is 14.2 Å². The number of nitrogens with zero attached hydrogens (tertiary/aromatic N) is 2. The molecule has 0 N–H and O–H groups in total. The van der Waals surface area contributed by atoms with Gasteiger partial charge < -0.3 is 24.0 Å². The van der Waals surface area contributed by atoms with Gasteiger partial charge in [-0.05, 0) is 63.8 Å². The molecule has 3 rings (SSSR count). The molecule has 1 aliphatic heterocycles. The zero-order valence-electron chi connectivity index (χ0n) is 20.9. The maximum Gasteiger partial charge on any atom is 0.338 e. The second kappa shape index (κ2) is 11.6. The average Bonchev–Trinajstić information content (AvgIpc) is 2.91. The van der Waals surface area contributed by atoms with Crippen LogP contribution in [0.25, 0.3) is 0 Å². The van der Waals surface area contributed by atoms with E-state index < -0.39 is 23.3 Å². The van der Waals surface area contributed by atoms with Crippen molar-refractivity contribution >= 4 is 35.3 Å². The maximum absolute atomic E-state index is 13.8. The third-order valence-electron chi connectivity index (χ3n) is 5.38. The van der Waals surface area contributed by atoms with Crippen LogP contribution in [0.3, 0.4) is 0 Å². The van der Waals surface area contributed by atoms with Gasteiger partial charge in [0, 0.05) is 24.9 Å². The van der Waals surface area contributed by atoms with Crippen molar-refractivity contribution in [2.24, 2.45) is 0 Å². The van der Waals surface area contributed by atoms with Crippen LogP contribution in [0, 0.1) is 0 Å². The Balaban J connectivity index is 2.12. The van der Waals surface area contributed by atoms with Gasteiger partial charge in [-0.15, -0.1) is 11.8 Å². The third kappa shape index (κ3) is 6.55. The molecule has 0 bridgehead atoms. The number of hydrogen-bond acceptors (Lipinski definition) is 8. The van der Waals surface area contributed by atoms with Crippen molar-refractivity contribution < 1.29 is 28.6 Å². The summed E-state index contributed by atoms with van der Waals surface area (Å²) >= 11 is 1.38. The summed E-state index contributed by atoms with van der Waals surface area (Å²) in [5, 5.41) is -0.531. The summed E-state index contributed by atoms with van der Waals surface area (Å²) in [5.41, 5.74) is 1.85. The van der Waals surface area contributed by atoms with Crippen molar-refractivity contribution in [3.05, 3.63) is 53.6 Å². The highest BCUT2D eigenvalue weighted by Crippen LogP contribution is 2.47. The molecule has 2 aromatic rings. The molecule has 1 heterocycles. The second-order valence-corrected chi connectivity index (χ2v) is 9.95. The quantitative estimate of drug-likeness (QED) is 0.504. The minimum Gasteiger partial charge on any atom is -0.497 e. The van der Waals surface area contributed by atoms with Gasteiger partial charge in [-0.25, -0.2) is 4.79 Å². The minimum absolute atomic E-state index is 0.257. The predicted molar refractivity (Wildman–Crippen MR) is 135 cm³/mol. The number of thioether (sulfide) groups is 1. The zero-order valence-corrected chi connectivity index (χ0v) is 21.8. The number of fused-ring (bicyclic) bond motifs is 1. The molecular formula is C26H32N2O6S. The Bertz CT molecular complexity index is 1070. The highest BCUT2D eigenvalue weighted by atomic mass is 32.2. The van der Waals surface area contributed by atoms with Gasteiger partial charge in [-0.2, -0.15) is 0 Å². The molecule has 2 atom stereocenters. The van der Waals surface area contributed by atoms with Crippen LogP contribution in [0.1, 0.15) is 41.9 Å². The number of carbonyl (C=O) groups excluding carboxylic acids is 3. The van der Waals surface area contributed by atoms with Crippen molar-refractivity contribution in [3.63, 3.8) is 0 Å². The lowest BCUT2D eigenvalue weighted by atomic mass is 10.1. The van der Waals surface area contributed by atoms with Crippen LogP contribution >= 0.6 is 11.8 Å². The lowest BCUT2D eigenvalue weighted by molar-refractivity contribution is -0.152. The normalized spacial score (nSPS) is 17.7. The number of rotatable bonds is 8. The fourth-order valence-corrected chi connectivity index (χ4v) is 5.06. The fraction of sp³-hybridized carbons (Fsp3) is 0.423. The van der Waals surface area contributed by atoms with Crippen LogP contribution in [0.15, 0.2) is 47.4 Å². The first-order valence-electron chi connectivity index (χ1n) is 11.4. The van der Waals surface area contributed by atoms with Gasteiger partial charge >= 0.3 is 11.9 Å². The Morgan fingerprint density at radius 2 is 1.80 bits per heavy atom. The van der Waals surface area contributed by atoms with E-state index in [-0.39, 0.29) is 12.0 Å². The van der Waals surface area contributed by atoms with Gasteiger partial charge in [0.05, 0.1) is 29.7 Å². The Labute approximate surface area is 210 Å². The number of esters is 2. The zero-order chi connectivity index (χ0) is 25.7. The number of anilines is 1. The number of methoxy groups -OCH3 is 1. The van der Waals surface area contributed by atoms with Gasteiger partial charge in [0.1, 0.15) is 5.75 Å². The summed E-state index contributed by atoms with van der Waals surface area (Å²) in [5.74, 6) is -0.611. The first-order chi connectivity index (χ1) is 16.6. The lowest BCUT2D eigenvalue weighted by Gasteiger charge is -2.28. The largest absolute Gasteiger partial charge is 0.497 e. The Morgan fingerprint density at radius 3 is 2.37 bits per heavy atom. The summed E-state index contributed by atoms with van der Waals surface area (Å²) in [7, 11) is 5.43. The molecule has 1 aliphatic rings.